The zero-order valence-electron chi connectivity index (χ0n) is 41.2. The summed E-state index contributed by atoms with van der Waals surface area (Å²) < 4.78 is 27.8. The van der Waals surface area contributed by atoms with Crippen LogP contribution >= 0.6 is 0 Å². The van der Waals surface area contributed by atoms with Gasteiger partial charge in [-0.15, -0.1) is 0 Å². The zero-order valence-corrected chi connectivity index (χ0v) is 41.2. The molecular formula is C52H86N4O9. The van der Waals surface area contributed by atoms with Crippen LogP contribution < -0.4 is 26.0 Å². The monoisotopic (exact) mass is 911 g/mol. The Morgan fingerprint density at radius 1 is 0.708 bits per heavy atom. The molecule has 7 unspecified atom stereocenters. The Hall–Kier alpha value is -3.68. The summed E-state index contributed by atoms with van der Waals surface area (Å²) in [5.74, 6) is 4.11. The van der Waals surface area contributed by atoms with Crippen molar-refractivity contribution in [2.45, 2.75) is 144 Å². The van der Waals surface area contributed by atoms with Gasteiger partial charge in [-0.1, -0.05) is 65.5 Å². The average Bonchev–Trinajstić information content (AvgIpc) is 3.64. The summed E-state index contributed by atoms with van der Waals surface area (Å²) in [6.07, 6.45) is 17.1. The highest BCUT2D eigenvalue weighted by Gasteiger charge is 2.54. The van der Waals surface area contributed by atoms with Gasteiger partial charge in [0.05, 0.1) is 40.1 Å². The normalized spacial score (nSPS) is 25.1. The molecular weight excluding hydrogens is 825 g/mol. The molecule has 65 heavy (non-hydrogen) atoms. The fraction of sp³-hybridized carbons (Fsp3) is 0.769. The zero-order chi connectivity index (χ0) is 47.1. The Bertz CT molecular complexity index is 1620. The molecule has 4 rings (SSSR count). The Kier molecular flexibility index (Phi) is 23.6. The van der Waals surface area contributed by atoms with Crippen LogP contribution in [0.3, 0.4) is 0 Å². The average molecular weight is 911 g/mol. The number of rotatable bonds is 29. The van der Waals surface area contributed by atoms with Gasteiger partial charge in [0.15, 0.2) is 0 Å². The van der Waals surface area contributed by atoms with Gasteiger partial charge in [-0.25, -0.2) is 4.79 Å². The molecule has 13 heteroatoms. The van der Waals surface area contributed by atoms with E-state index in [4.69, 9.17) is 23.7 Å². The standard InChI is InChI=1S/C52H86N4O9/c1-8-41-37-45(23-25-51(41,5)43-22-24-52(6)42(36-43)16-19-46(52)39(4)13-9-12-38(2)3)65-50(60)56-28-11-30-62-32-34-64-35-33-63-31-29-54-48(58)21-20-47(57)53-26-10-27-55-49(59)40-14-17-44(61-7)18-15-40/h8,14-15,17-18,38-39,42-43,45-46H,9-13,16,19-37H2,1-7H3,(H,53,57)(H,54,58)(H,55,59)(H,56,60). The number of benzene rings is 1. The number of allylic oxidation sites excluding steroid dienone is 1. The molecule has 7 atom stereocenters. The second kappa shape index (κ2) is 28.5. The summed E-state index contributed by atoms with van der Waals surface area (Å²) in [6.45, 7) is 18.7. The molecule has 3 aliphatic carbocycles. The summed E-state index contributed by atoms with van der Waals surface area (Å²) in [5, 5.41) is 11.2. The molecule has 3 aliphatic rings. The third-order valence-corrected chi connectivity index (χ3v) is 15.0. The lowest BCUT2D eigenvalue weighted by Crippen LogP contribution is -2.44. The van der Waals surface area contributed by atoms with Crippen LogP contribution in [0.4, 0.5) is 4.79 Å². The van der Waals surface area contributed by atoms with E-state index in [1.54, 1.807) is 31.4 Å². The van der Waals surface area contributed by atoms with Crippen molar-refractivity contribution in [3.05, 3.63) is 41.5 Å². The number of hydrogen-bond donors (Lipinski definition) is 4. The minimum atomic E-state index is -0.342. The van der Waals surface area contributed by atoms with Crippen molar-refractivity contribution in [1.29, 1.82) is 0 Å². The van der Waals surface area contributed by atoms with E-state index in [9.17, 15) is 19.2 Å². The van der Waals surface area contributed by atoms with Gasteiger partial charge < -0.3 is 45.0 Å². The molecule has 3 fully saturated rings. The number of carbonyl (C=O) groups excluding carboxylic acids is 4. The summed E-state index contributed by atoms with van der Waals surface area (Å²) in [7, 11) is 1.57. The molecule has 4 amide bonds. The first kappa shape index (κ1) is 53.9. The molecule has 4 N–H and O–H groups in total. The van der Waals surface area contributed by atoms with Crippen LogP contribution in [0.1, 0.15) is 148 Å². The Morgan fingerprint density at radius 3 is 2.03 bits per heavy atom. The van der Waals surface area contributed by atoms with Crippen LogP contribution in [0.5, 0.6) is 5.75 Å². The lowest BCUT2D eigenvalue weighted by Gasteiger charge is -2.52. The van der Waals surface area contributed by atoms with E-state index in [2.05, 4.69) is 68.9 Å². The fourth-order valence-corrected chi connectivity index (χ4v) is 11.0. The lowest BCUT2D eigenvalue weighted by atomic mass is 9.53. The molecule has 1 aromatic carbocycles. The van der Waals surface area contributed by atoms with Crippen LogP contribution in [-0.4, -0.2) is 103 Å². The van der Waals surface area contributed by atoms with Gasteiger partial charge in [0, 0.05) is 57.6 Å². The van der Waals surface area contributed by atoms with E-state index < -0.39 is 0 Å². The highest BCUT2D eigenvalue weighted by molar-refractivity contribution is 5.94. The minimum absolute atomic E-state index is 0.0785. The van der Waals surface area contributed by atoms with Crippen molar-refractivity contribution in [2.24, 2.45) is 40.4 Å². The number of ether oxygens (including phenoxy) is 5. The largest absolute Gasteiger partial charge is 0.497 e. The number of alkyl carbamates (subject to hydrolysis) is 1. The van der Waals surface area contributed by atoms with Crippen LogP contribution in [0.2, 0.25) is 0 Å². The highest BCUT2D eigenvalue weighted by atomic mass is 16.6. The van der Waals surface area contributed by atoms with Gasteiger partial charge >= 0.3 is 6.09 Å². The summed E-state index contributed by atoms with van der Waals surface area (Å²) in [6, 6.07) is 6.83. The van der Waals surface area contributed by atoms with Gasteiger partial charge in [0.1, 0.15) is 11.9 Å². The first-order valence-corrected chi connectivity index (χ1v) is 25.1. The topological polar surface area (TPSA) is 163 Å². The van der Waals surface area contributed by atoms with Crippen molar-refractivity contribution in [3.63, 3.8) is 0 Å². The quantitative estimate of drug-likeness (QED) is 0.0455. The maximum Gasteiger partial charge on any atom is 0.407 e. The highest BCUT2D eigenvalue weighted by Crippen LogP contribution is 2.63. The second-order valence-corrected chi connectivity index (χ2v) is 19.8. The van der Waals surface area contributed by atoms with E-state index in [-0.39, 0.29) is 48.2 Å². The molecule has 0 radical (unpaired) electrons. The maximum atomic E-state index is 12.7. The van der Waals surface area contributed by atoms with E-state index in [1.807, 2.05) is 0 Å². The van der Waals surface area contributed by atoms with Crippen molar-refractivity contribution in [3.8, 4) is 5.75 Å². The molecule has 1 aromatic rings. The van der Waals surface area contributed by atoms with E-state index in [1.165, 1.54) is 56.9 Å². The van der Waals surface area contributed by atoms with Crippen LogP contribution in [0.15, 0.2) is 35.9 Å². The predicted molar refractivity (Wildman–Crippen MR) is 256 cm³/mol. The SMILES string of the molecule is CC=C1CC(OC(=O)NCCCOCCOCCOCCNC(=O)CCC(=O)NCCCNC(=O)c2ccc(OC)cc2)CCC1(C)C1CCC2(C)C(CCC2C(C)CCCC(C)C)C1. The second-order valence-electron chi connectivity index (χ2n) is 19.8. The molecule has 0 saturated heterocycles. The molecule has 368 valence electrons. The van der Waals surface area contributed by atoms with Crippen LogP contribution in [0.25, 0.3) is 0 Å². The molecule has 0 aliphatic heterocycles. The van der Waals surface area contributed by atoms with Gasteiger partial charge in [-0.2, -0.15) is 0 Å². The molecule has 0 heterocycles. The summed E-state index contributed by atoms with van der Waals surface area (Å²) in [4.78, 5) is 49.1. The molecule has 13 nitrogen and oxygen atoms in total. The van der Waals surface area contributed by atoms with E-state index >= 15 is 0 Å². The van der Waals surface area contributed by atoms with Crippen LogP contribution in [0, 0.1) is 40.4 Å². The number of fused-ring (bicyclic) bond motifs is 1. The van der Waals surface area contributed by atoms with E-state index in [0.29, 0.717) is 101 Å². The van der Waals surface area contributed by atoms with E-state index in [0.717, 1.165) is 42.9 Å². The summed E-state index contributed by atoms with van der Waals surface area (Å²) >= 11 is 0. The third kappa shape index (κ3) is 17.8. The van der Waals surface area contributed by atoms with Crippen molar-refractivity contribution >= 4 is 23.8 Å². The smallest absolute Gasteiger partial charge is 0.407 e. The Balaban J connectivity index is 0.932. The summed E-state index contributed by atoms with van der Waals surface area (Å²) in [5.41, 5.74) is 2.70. The lowest BCUT2D eigenvalue weighted by molar-refractivity contribution is -0.126. The molecule has 3 saturated carbocycles. The van der Waals surface area contributed by atoms with Gasteiger partial charge in [-0.3, -0.25) is 14.4 Å². The minimum Gasteiger partial charge on any atom is -0.497 e. The Labute approximate surface area is 391 Å². The predicted octanol–water partition coefficient (Wildman–Crippen LogP) is 8.79. The Morgan fingerprint density at radius 2 is 1.35 bits per heavy atom. The number of carbonyl (C=O) groups is 4. The maximum absolute atomic E-state index is 12.7. The van der Waals surface area contributed by atoms with Crippen LogP contribution in [-0.2, 0) is 28.5 Å². The molecule has 0 aromatic heterocycles. The first-order valence-electron chi connectivity index (χ1n) is 25.1. The van der Waals surface area contributed by atoms with Gasteiger partial charge in [0.2, 0.25) is 11.8 Å². The van der Waals surface area contributed by atoms with Crippen molar-refractivity contribution in [1.82, 2.24) is 21.3 Å². The molecule has 0 spiro atoms. The number of methoxy groups -OCH3 is 1. The van der Waals surface area contributed by atoms with Crippen molar-refractivity contribution < 1.29 is 42.9 Å². The van der Waals surface area contributed by atoms with Gasteiger partial charge in [-0.05, 0) is 129 Å². The fourth-order valence-electron chi connectivity index (χ4n) is 11.0. The number of nitrogens with one attached hydrogen (secondary N) is 4. The third-order valence-electron chi connectivity index (χ3n) is 15.0. The molecule has 0 bridgehead atoms. The number of amides is 4. The number of hydrogen-bond acceptors (Lipinski definition) is 9. The van der Waals surface area contributed by atoms with Gasteiger partial charge in [0.25, 0.3) is 5.91 Å². The van der Waals surface area contributed by atoms with Crippen molar-refractivity contribution in [2.75, 3.05) is 72.9 Å². The first-order chi connectivity index (χ1) is 31.3.